The molecule has 4 aromatic carbocycles. The molecular formula is C27H22Cl2N2O3. The van der Waals surface area contributed by atoms with E-state index < -0.39 is 6.16 Å². The Morgan fingerprint density at radius 3 is 1.35 bits per heavy atom. The second-order valence-electron chi connectivity index (χ2n) is 7.54. The van der Waals surface area contributed by atoms with E-state index in [4.69, 9.17) is 44.1 Å². The van der Waals surface area contributed by atoms with Crippen molar-refractivity contribution in [3.63, 3.8) is 0 Å². The highest BCUT2D eigenvalue weighted by Crippen LogP contribution is 2.35. The molecule has 5 nitrogen and oxygen atoms in total. The molecule has 34 heavy (non-hydrogen) atoms. The second-order valence-corrected chi connectivity index (χ2v) is 8.41. The minimum absolute atomic E-state index is 0.317. The van der Waals surface area contributed by atoms with Gasteiger partial charge in [-0.2, -0.15) is 0 Å². The normalized spacial score (nSPS) is 10.7. The first-order valence-electron chi connectivity index (χ1n) is 10.5. The fourth-order valence-electron chi connectivity index (χ4n) is 3.47. The number of hydrogen-bond acceptors (Lipinski definition) is 5. The average Bonchev–Trinajstić information content (AvgIpc) is 2.86. The fourth-order valence-corrected chi connectivity index (χ4v) is 3.82. The molecule has 4 N–H and O–H groups in total. The molecule has 7 heteroatoms. The Kier molecular flexibility index (Phi) is 7.50. The lowest BCUT2D eigenvalue weighted by Gasteiger charge is -2.14. The van der Waals surface area contributed by atoms with Crippen LogP contribution in [0.4, 0.5) is 4.79 Å². The number of carbonyl (C=O) groups is 1. The van der Waals surface area contributed by atoms with Crippen molar-refractivity contribution in [2.75, 3.05) is 0 Å². The summed E-state index contributed by atoms with van der Waals surface area (Å²) in [4.78, 5) is 12.8. The van der Waals surface area contributed by atoms with Gasteiger partial charge >= 0.3 is 6.16 Å². The van der Waals surface area contributed by atoms with Crippen molar-refractivity contribution in [3.05, 3.63) is 106 Å². The van der Waals surface area contributed by atoms with Gasteiger partial charge in [0.05, 0.1) is 0 Å². The van der Waals surface area contributed by atoms with Crippen LogP contribution in [0.3, 0.4) is 0 Å². The van der Waals surface area contributed by atoms with Gasteiger partial charge in [0, 0.05) is 34.3 Å². The first-order chi connectivity index (χ1) is 16.5. The van der Waals surface area contributed by atoms with Crippen LogP contribution in [0, 0.1) is 0 Å². The van der Waals surface area contributed by atoms with Crippen molar-refractivity contribution in [2.45, 2.75) is 13.1 Å². The number of carbonyl (C=O) groups excluding carboxylic acids is 1. The average molecular weight is 493 g/mol. The van der Waals surface area contributed by atoms with Gasteiger partial charge in [0.2, 0.25) is 0 Å². The van der Waals surface area contributed by atoms with Crippen LogP contribution in [-0.2, 0) is 13.1 Å². The standard InChI is InChI=1S/C27H22Cl2N2O3/c28-21-9-11-25(23(13-21)19-5-1-17(15-30)2-6-19)33-27(32)34-26-12-10-22(29)14-24(26)20-7-3-18(16-31)4-8-20/h1-14H,15-16,30-31H2. The largest absolute Gasteiger partial charge is 0.519 e. The molecule has 0 bridgehead atoms. The lowest BCUT2D eigenvalue weighted by atomic mass is 10.0. The van der Waals surface area contributed by atoms with E-state index in [0.717, 1.165) is 22.3 Å². The minimum atomic E-state index is -0.885. The highest BCUT2D eigenvalue weighted by molar-refractivity contribution is 6.31. The number of halogens is 2. The molecule has 0 aliphatic carbocycles. The molecule has 172 valence electrons. The molecular weight excluding hydrogens is 471 g/mol. The molecule has 0 aliphatic rings. The Bertz CT molecular complexity index is 1210. The van der Waals surface area contributed by atoms with Crippen LogP contribution in [-0.4, -0.2) is 6.16 Å². The van der Waals surface area contributed by atoms with Crippen LogP contribution in [0.15, 0.2) is 84.9 Å². The van der Waals surface area contributed by atoms with E-state index in [1.165, 1.54) is 0 Å². The first-order valence-corrected chi connectivity index (χ1v) is 11.3. The Labute approximate surface area is 207 Å². The summed E-state index contributed by atoms with van der Waals surface area (Å²) in [6.45, 7) is 0.869. The summed E-state index contributed by atoms with van der Waals surface area (Å²) in [6.07, 6.45) is -0.885. The van der Waals surface area contributed by atoms with Crippen LogP contribution in [0.2, 0.25) is 10.0 Å². The van der Waals surface area contributed by atoms with Gasteiger partial charge in [-0.05, 0) is 58.7 Å². The number of benzene rings is 4. The zero-order valence-corrected chi connectivity index (χ0v) is 19.6. The van der Waals surface area contributed by atoms with E-state index in [-0.39, 0.29) is 0 Å². The molecule has 0 saturated carbocycles. The maximum Gasteiger partial charge on any atom is 0.519 e. The quantitative estimate of drug-likeness (QED) is 0.227. The highest BCUT2D eigenvalue weighted by Gasteiger charge is 2.17. The number of rotatable bonds is 6. The van der Waals surface area contributed by atoms with Crippen LogP contribution in [0.1, 0.15) is 11.1 Å². The SMILES string of the molecule is NCc1ccc(-c2cc(Cl)ccc2OC(=O)Oc2ccc(Cl)cc2-c2ccc(CN)cc2)cc1. The zero-order valence-electron chi connectivity index (χ0n) is 18.1. The summed E-state index contributed by atoms with van der Waals surface area (Å²) in [5.41, 5.74) is 16.3. The Morgan fingerprint density at radius 2 is 1.00 bits per heavy atom. The molecule has 0 radical (unpaired) electrons. The predicted molar refractivity (Wildman–Crippen MR) is 136 cm³/mol. The van der Waals surface area contributed by atoms with Gasteiger partial charge < -0.3 is 20.9 Å². The molecule has 0 unspecified atom stereocenters. The summed E-state index contributed by atoms with van der Waals surface area (Å²) >= 11 is 12.4. The van der Waals surface area contributed by atoms with E-state index in [1.807, 2.05) is 48.5 Å². The topological polar surface area (TPSA) is 87.6 Å². The summed E-state index contributed by atoms with van der Waals surface area (Å²) in [7, 11) is 0. The van der Waals surface area contributed by atoms with Gasteiger partial charge in [0.25, 0.3) is 0 Å². The summed E-state index contributed by atoms with van der Waals surface area (Å²) in [6, 6.07) is 25.2. The molecule has 4 aromatic rings. The summed E-state index contributed by atoms with van der Waals surface area (Å²) in [5.74, 6) is 0.635. The van der Waals surface area contributed by atoms with Gasteiger partial charge in [-0.1, -0.05) is 71.7 Å². The molecule has 0 atom stereocenters. The predicted octanol–water partition coefficient (Wildman–Crippen LogP) is 6.82. The van der Waals surface area contributed by atoms with Crippen LogP contribution < -0.4 is 20.9 Å². The monoisotopic (exact) mass is 492 g/mol. The third-order valence-electron chi connectivity index (χ3n) is 5.27. The Morgan fingerprint density at radius 1 is 0.618 bits per heavy atom. The third-order valence-corrected chi connectivity index (χ3v) is 5.74. The lowest BCUT2D eigenvalue weighted by Crippen LogP contribution is -2.14. The highest BCUT2D eigenvalue weighted by atomic mass is 35.5. The van der Waals surface area contributed by atoms with Crippen molar-refractivity contribution in [2.24, 2.45) is 11.5 Å². The van der Waals surface area contributed by atoms with E-state index in [0.29, 0.717) is 45.8 Å². The van der Waals surface area contributed by atoms with E-state index in [1.54, 1.807) is 36.4 Å². The molecule has 0 aromatic heterocycles. The van der Waals surface area contributed by atoms with Crippen molar-refractivity contribution in [1.29, 1.82) is 0 Å². The molecule has 0 aliphatic heterocycles. The number of nitrogens with two attached hydrogens (primary N) is 2. The van der Waals surface area contributed by atoms with Crippen molar-refractivity contribution >= 4 is 29.4 Å². The Hall–Kier alpha value is -3.35. The molecule has 4 rings (SSSR count). The fraction of sp³-hybridized carbons (Fsp3) is 0.0741. The van der Waals surface area contributed by atoms with Crippen molar-refractivity contribution in [3.8, 4) is 33.8 Å². The smallest absolute Gasteiger partial charge is 0.394 e. The minimum Gasteiger partial charge on any atom is -0.394 e. The van der Waals surface area contributed by atoms with Crippen molar-refractivity contribution < 1.29 is 14.3 Å². The molecule has 0 spiro atoms. The Balaban J connectivity index is 1.60. The molecule has 0 fully saturated rings. The number of hydrogen-bond donors (Lipinski definition) is 2. The van der Waals surface area contributed by atoms with Crippen LogP contribution >= 0.6 is 23.2 Å². The van der Waals surface area contributed by atoms with Gasteiger partial charge in [0.15, 0.2) is 0 Å². The maximum absolute atomic E-state index is 12.8. The van der Waals surface area contributed by atoms with Gasteiger partial charge in [-0.3, -0.25) is 0 Å². The summed E-state index contributed by atoms with van der Waals surface area (Å²) in [5, 5.41) is 1.03. The van der Waals surface area contributed by atoms with E-state index in [9.17, 15) is 4.79 Å². The van der Waals surface area contributed by atoms with Gasteiger partial charge in [-0.25, -0.2) is 4.79 Å². The third kappa shape index (κ3) is 5.58. The van der Waals surface area contributed by atoms with E-state index in [2.05, 4.69) is 0 Å². The lowest BCUT2D eigenvalue weighted by molar-refractivity contribution is 0.152. The van der Waals surface area contributed by atoms with Gasteiger partial charge in [0.1, 0.15) is 11.5 Å². The molecule has 0 saturated heterocycles. The van der Waals surface area contributed by atoms with Gasteiger partial charge in [-0.15, -0.1) is 0 Å². The summed E-state index contributed by atoms with van der Waals surface area (Å²) < 4.78 is 11.2. The van der Waals surface area contributed by atoms with E-state index >= 15 is 0 Å². The molecule has 0 amide bonds. The molecule has 0 heterocycles. The van der Waals surface area contributed by atoms with Crippen LogP contribution in [0.5, 0.6) is 11.5 Å². The first kappa shape index (κ1) is 23.8. The van der Waals surface area contributed by atoms with Crippen LogP contribution in [0.25, 0.3) is 22.3 Å². The maximum atomic E-state index is 12.8. The van der Waals surface area contributed by atoms with Crippen molar-refractivity contribution in [1.82, 2.24) is 0 Å². The second kappa shape index (κ2) is 10.7. The number of ether oxygens (including phenoxy) is 2. The zero-order chi connectivity index (χ0) is 24.1.